The van der Waals surface area contributed by atoms with Crippen LogP contribution in [0.5, 0.6) is 5.75 Å². The normalized spacial score (nSPS) is 11.0. The highest BCUT2D eigenvalue weighted by molar-refractivity contribution is 5.50. The van der Waals surface area contributed by atoms with Crippen molar-refractivity contribution in [3.05, 3.63) is 29.2 Å². The average molecular weight is 190 g/mol. The first-order valence-electron chi connectivity index (χ1n) is 3.12. The van der Waals surface area contributed by atoms with E-state index in [0.29, 0.717) is 0 Å². The topological polar surface area (TPSA) is 38.7 Å². The van der Waals surface area contributed by atoms with Crippen LogP contribution in [0.25, 0.3) is 0 Å². The fourth-order valence-corrected chi connectivity index (χ4v) is 0.689. The van der Waals surface area contributed by atoms with Gasteiger partial charge in [0.2, 0.25) is 0 Å². The molecule has 0 aliphatic rings. The maximum absolute atomic E-state index is 11.7. The second-order valence-corrected chi connectivity index (χ2v) is 2.03. The Balaban J connectivity index is 2.94. The Labute approximate surface area is 71.1 Å². The number of benzene rings is 1. The Morgan fingerprint density at radius 3 is 2.69 bits per heavy atom. The van der Waals surface area contributed by atoms with Gasteiger partial charge in [-0.3, -0.25) is 0 Å². The molecule has 0 aliphatic heterocycles. The summed E-state index contributed by atoms with van der Waals surface area (Å²) in [5.41, 5.74) is -0.406. The molecule has 0 saturated carbocycles. The van der Waals surface area contributed by atoms with Crippen LogP contribution in [-0.4, -0.2) is 6.36 Å². The Morgan fingerprint density at radius 1 is 1.46 bits per heavy atom. The average Bonchev–Trinajstić information content (AvgIpc) is 2.02. The quantitative estimate of drug-likeness (QED) is 0.672. The molecule has 0 heterocycles. The zero-order valence-corrected chi connectivity index (χ0v) is 6.13. The van der Waals surface area contributed by atoms with E-state index in [4.69, 9.17) is 0 Å². The third kappa shape index (κ3) is 2.73. The minimum absolute atomic E-state index is 0.406. The predicted molar refractivity (Wildman–Crippen MR) is 37.4 cm³/mol. The van der Waals surface area contributed by atoms with Crippen molar-refractivity contribution in [1.29, 1.82) is 0 Å². The van der Waals surface area contributed by atoms with E-state index in [1.165, 1.54) is 6.07 Å². The van der Waals surface area contributed by atoms with Crippen molar-refractivity contribution in [3.8, 4) is 5.75 Å². The smallest absolute Gasteiger partial charge is 0.403 e. The Bertz CT molecular complexity index is 311. The van der Waals surface area contributed by atoms with Crippen LogP contribution in [0, 0.1) is 11.0 Å². The predicted octanol–water partition coefficient (Wildman–Crippen LogP) is 2.78. The van der Waals surface area contributed by atoms with E-state index in [1.54, 1.807) is 0 Å². The summed E-state index contributed by atoms with van der Waals surface area (Å²) >= 11 is 0. The van der Waals surface area contributed by atoms with E-state index in [2.05, 4.69) is 16.0 Å². The van der Waals surface area contributed by atoms with Crippen LogP contribution in [0.2, 0.25) is 0 Å². The zero-order valence-electron chi connectivity index (χ0n) is 6.13. The lowest BCUT2D eigenvalue weighted by molar-refractivity contribution is -0.274. The first kappa shape index (κ1) is 9.50. The summed E-state index contributed by atoms with van der Waals surface area (Å²) in [6, 6.07) is 5.57. The fourth-order valence-electron chi connectivity index (χ4n) is 0.689. The van der Waals surface area contributed by atoms with Gasteiger partial charge in [-0.1, -0.05) is 6.07 Å². The summed E-state index contributed by atoms with van der Waals surface area (Å²) in [6.45, 7) is 0. The van der Waals surface area contributed by atoms with Gasteiger partial charge in [-0.2, -0.15) is 0 Å². The monoisotopic (exact) mass is 190 g/mol. The second-order valence-electron chi connectivity index (χ2n) is 2.03. The maximum Gasteiger partial charge on any atom is 0.573 e. The Morgan fingerprint density at radius 2 is 2.15 bits per heavy atom. The number of hydrogen-bond donors (Lipinski definition) is 0. The van der Waals surface area contributed by atoms with Gasteiger partial charge in [-0.15, -0.1) is 18.1 Å². The molecular weight excluding hydrogens is 187 g/mol. The van der Waals surface area contributed by atoms with Gasteiger partial charge in [0, 0.05) is 0 Å². The first-order chi connectivity index (χ1) is 6.03. The van der Waals surface area contributed by atoms with Gasteiger partial charge in [0.25, 0.3) is 0 Å². The molecule has 0 saturated heterocycles. The fraction of sp³-hybridized carbons (Fsp3) is 0.143. The third-order valence-corrected chi connectivity index (χ3v) is 1.13. The van der Waals surface area contributed by atoms with Crippen LogP contribution < -0.4 is 4.74 Å². The molecule has 0 N–H and O–H groups in total. The van der Waals surface area contributed by atoms with Crippen molar-refractivity contribution in [1.82, 2.24) is 0 Å². The first-order valence-corrected chi connectivity index (χ1v) is 3.12. The molecular formula is C7H3F3NO2. The van der Waals surface area contributed by atoms with Gasteiger partial charge in [0.05, 0.1) is 0 Å². The van der Waals surface area contributed by atoms with Gasteiger partial charge >= 0.3 is 6.36 Å². The number of nitrogens with zero attached hydrogens (tertiary/aromatic N) is 1. The largest absolute Gasteiger partial charge is 0.573 e. The maximum atomic E-state index is 11.7. The molecule has 6 heteroatoms. The molecule has 0 aromatic heterocycles. The van der Waals surface area contributed by atoms with Crippen LogP contribution in [0.3, 0.4) is 0 Å². The minimum Gasteiger partial charge on any atom is -0.403 e. The van der Waals surface area contributed by atoms with Crippen LogP contribution >= 0.6 is 0 Å². The van der Waals surface area contributed by atoms with Crippen LogP contribution in [0.1, 0.15) is 0 Å². The summed E-state index contributed by atoms with van der Waals surface area (Å²) in [4.78, 5) is 10.0. The number of halogens is 3. The third-order valence-electron chi connectivity index (χ3n) is 1.13. The molecule has 0 bridgehead atoms. The minimum atomic E-state index is -4.82. The molecule has 69 valence electrons. The molecule has 13 heavy (non-hydrogen) atoms. The SMILES string of the molecule is O=Nc1cc[c]cc1OC(F)(F)F. The van der Waals surface area contributed by atoms with Gasteiger partial charge in [0.15, 0.2) is 5.75 Å². The molecule has 0 unspecified atom stereocenters. The Hall–Kier alpha value is -1.59. The van der Waals surface area contributed by atoms with Gasteiger partial charge in [0.1, 0.15) is 5.69 Å². The molecule has 0 aliphatic carbocycles. The van der Waals surface area contributed by atoms with Crippen molar-refractivity contribution in [2.24, 2.45) is 5.18 Å². The molecule has 0 atom stereocenters. The summed E-state index contributed by atoms with van der Waals surface area (Å²) in [6.07, 6.45) is -4.82. The molecule has 1 rings (SSSR count). The lowest BCUT2D eigenvalue weighted by Crippen LogP contribution is -2.17. The lowest BCUT2D eigenvalue weighted by atomic mass is 10.3. The molecule has 1 radical (unpaired) electrons. The molecule has 0 fully saturated rings. The van der Waals surface area contributed by atoms with E-state index < -0.39 is 17.8 Å². The van der Waals surface area contributed by atoms with Crippen molar-refractivity contribution in [2.75, 3.05) is 0 Å². The highest BCUT2D eigenvalue weighted by atomic mass is 19.4. The summed E-state index contributed by atoms with van der Waals surface area (Å²) in [7, 11) is 0. The van der Waals surface area contributed by atoms with Gasteiger partial charge in [-0.25, -0.2) is 0 Å². The second kappa shape index (κ2) is 3.42. The highest BCUT2D eigenvalue weighted by Crippen LogP contribution is 2.31. The molecule has 0 spiro atoms. The van der Waals surface area contributed by atoms with Crippen molar-refractivity contribution in [2.45, 2.75) is 6.36 Å². The van der Waals surface area contributed by atoms with Crippen molar-refractivity contribution < 1.29 is 17.9 Å². The van der Waals surface area contributed by atoms with Gasteiger partial charge in [-0.05, 0) is 23.4 Å². The molecule has 3 nitrogen and oxygen atoms in total. The number of hydrogen-bond acceptors (Lipinski definition) is 3. The standard InChI is InChI=1S/C7H3F3NO2/c8-7(9,10)13-6-4-2-1-3-5(6)11-12/h1,3-4H. The van der Waals surface area contributed by atoms with Crippen molar-refractivity contribution >= 4 is 5.69 Å². The van der Waals surface area contributed by atoms with Crippen LogP contribution in [-0.2, 0) is 0 Å². The van der Waals surface area contributed by atoms with Crippen LogP contribution in [0.15, 0.2) is 23.4 Å². The Kier molecular flexibility index (Phi) is 2.50. The van der Waals surface area contributed by atoms with E-state index in [9.17, 15) is 18.1 Å². The van der Waals surface area contributed by atoms with E-state index in [1.807, 2.05) is 0 Å². The summed E-state index contributed by atoms with van der Waals surface area (Å²) in [5.74, 6) is -0.648. The zero-order chi connectivity index (χ0) is 9.90. The van der Waals surface area contributed by atoms with Crippen molar-refractivity contribution in [3.63, 3.8) is 0 Å². The lowest BCUT2D eigenvalue weighted by Gasteiger charge is -2.08. The highest BCUT2D eigenvalue weighted by Gasteiger charge is 2.32. The van der Waals surface area contributed by atoms with E-state index >= 15 is 0 Å². The number of ether oxygens (including phenoxy) is 1. The van der Waals surface area contributed by atoms with Gasteiger partial charge < -0.3 is 4.74 Å². The number of alkyl halides is 3. The van der Waals surface area contributed by atoms with Crippen LogP contribution in [0.4, 0.5) is 18.9 Å². The summed E-state index contributed by atoms with van der Waals surface area (Å²) < 4.78 is 38.5. The number of rotatable bonds is 2. The summed E-state index contributed by atoms with van der Waals surface area (Å²) in [5, 5.41) is 2.36. The molecule has 1 aromatic carbocycles. The van der Waals surface area contributed by atoms with E-state index in [-0.39, 0.29) is 0 Å². The molecule has 1 aromatic rings. The van der Waals surface area contributed by atoms with E-state index in [0.717, 1.165) is 12.1 Å². The molecule has 0 amide bonds. The number of nitroso groups, excluding NO2 is 1.